The fourth-order valence-corrected chi connectivity index (χ4v) is 5.57. The number of nitrogens with one attached hydrogen (secondary N) is 1. The van der Waals surface area contributed by atoms with Gasteiger partial charge in [-0.05, 0) is 50.2 Å². The van der Waals surface area contributed by atoms with Gasteiger partial charge < -0.3 is 10.1 Å². The third kappa shape index (κ3) is 4.75. The Morgan fingerprint density at radius 3 is 2.50 bits per heavy atom. The van der Waals surface area contributed by atoms with E-state index in [1.165, 1.54) is 22.5 Å². The standard InChI is InChI=1S/C19H20BrClN2O4S/c1-12-10-23(11-13(2)27-12)28(25,26)18-8-14(6-7-17(18)21)19(24)22-16-5-3-4-15(20)9-16/h3-9,12-13H,10-11H2,1-2H3,(H,22,24). The first-order chi connectivity index (χ1) is 13.2. The predicted octanol–water partition coefficient (Wildman–Crippen LogP) is 4.15. The SMILES string of the molecule is CC1CN(S(=O)(=O)c2cc(C(=O)Nc3cccc(Br)c3)ccc2Cl)CC(C)O1. The highest BCUT2D eigenvalue weighted by Crippen LogP contribution is 2.28. The van der Waals surface area contributed by atoms with Crippen LogP contribution in [0, 0.1) is 0 Å². The van der Waals surface area contributed by atoms with Crippen molar-refractivity contribution in [3.8, 4) is 0 Å². The number of carbonyl (C=O) groups excluding carboxylic acids is 1. The molecular weight excluding hydrogens is 468 g/mol. The summed E-state index contributed by atoms with van der Waals surface area (Å²) in [6.45, 7) is 4.11. The molecule has 0 aromatic heterocycles. The summed E-state index contributed by atoms with van der Waals surface area (Å²) in [4.78, 5) is 12.5. The van der Waals surface area contributed by atoms with Crippen molar-refractivity contribution in [2.75, 3.05) is 18.4 Å². The molecule has 2 unspecified atom stereocenters. The van der Waals surface area contributed by atoms with Crippen molar-refractivity contribution >= 4 is 49.1 Å². The summed E-state index contributed by atoms with van der Waals surface area (Å²) >= 11 is 9.53. The van der Waals surface area contributed by atoms with E-state index in [1.54, 1.807) is 18.2 Å². The summed E-state index contributed by atoms with van der Waals surface area (Å²) in [5.74, 6) is -0.421. The molecule has 6 nitrogen and oxygen atoms in total. The van der Waals surface area contributed by atoms with Gasteiger partial charge in [0.1, 0.15) is 4.90 Å². The Morgan fingerprint density at radius 2 is 1.86 bits per heavy atom. The first-order valence-electron chi connectivity index (χ1n) is 8.69. The zero-order valence-corrected chi connectivity index (χ0v) is 18.5. The lowest BCUT2D eigenvalue weighted by Gasteiger charge is -2.34. The summed E-state index contributed by atoms with van der Waals surface area (Å²) in [7, 11) is -3.86. The molecule has 0 aliphatic carbocycles. The Balaban J connectivity index is 1.89. The van der Waals surface area contributed by atoms with Crippen LogP contribution in [0.2, 0.25) is 5.02 Å². The van der Waals surface area contributed by atoms with Crippen LogP contribution in [0.4, 0.5) is 5.69 Å². The molecule has 1 N–H and O–H groups in total. The maximum atomic E-state index is 13.1. The van der Waals surface area contributed by atoms with Gasteiger partial charge >= 0.3 is 0 Å². The highest BCUT2D eigenvalue weighted by atomic mass is 79.9. The minimum atomic E-state index is -3.86. The summed E-state index contributed by atoms with van der Waals surface area (Å²) in [6.07, 6.45) is -0.444. The van der Waals surface area contributed by atoms with Gasteiger partial charge in [-0.1, -0.05) is 33.6 Å². The molecule has 2 atom stereocenters. The molecular formula is C19H20BrClN2O4S. The first-order valence-corrected chi connectivity index (χ1v) is 11.3. The van der Waals surface area contributed by atoms with Crippen molar-refractivity contribution in [3.05, 3.63) is 57.5 Å². The van der Waals surface area contributed by atoms with Crippen molar-refractivity contribution in [3.63, 3.8) is 0 Å². The minimum Gasteiger partial charge on any atom is -0.373 e. The summed E-state index contributed by atoms with van der Waals surface area (Å²) in [5.41, 5.74) is 0.798. The minimum absolute atomic E-state index is 0.0748. The van der Waals surface area contributed by atoms with Crippen LogP contribution in [-0.2, 0) is 14.8 Å². The first kappa shape index (κ1) is 21.3. The predicted molar refractivity (Wildman–Crippen MR) is 112 cm³/mol. The molecule has 0 saturated carbocycles. The van der Waals surface area contributed by atoms with Crippen LogP contribution >= 0.6 is 27.5 Å². The van der Waals surface area contributed by atoms with Crippen LogP contribution in [0.3, 0.4) is 0 Å². The van der Waals surface area contributed by atoms with E-state index >= 15 is 0 Å². The summed E-state index contributed by atoms with van der Waals surface area (Å²) in [5, 5.41) is 2.83. The number of amides is 1. The molecule has 9 heteroatoms. The molecule has 1 saturated heterocycles. The van der Waals surface area contributed by atoms with Crippen LogP contribution in [-0.4, -0.2) is 43.9 Å². The molecule has 0 radical (unpaired) electrons. The van der Waals surface area contributed by atoms with Crippen molar-refractivity contribution in [2.24, 2.45) is 0 Å². The fraction of sp³-hybridized carbons (Fsp3) is 0.316. The Morgan fingerprint density at radius 1 is 1.18 bits per heavy atom. The topological polar surface area (TPSA) is 75.7 Å². The Kier molecular flexibility index (Phi) is 6.46. The number of rotatable bonds is 4. The number of sulfonamides is 1. The Hall–Kier alpha value is -1.45. The van der Waals surface area contributed by atoms with E-state index in [0.29, 0.717) is 5.69 Å². The molecule has 1 aliphatic heterocycles. The number of benzene rings is 2. The van der Waals surface area contributed by atoms with Crippen LogP contribution in [0.15, 0.2) is 51.8 Å². The number of nitrogens with zero attached hydrogens (tertiary/aromatic N) is 1. The number of hydrogen-bond donors (Lipinski definition) is 1. The van der Waals surface area contributed by atoms with Crippen LogP contribution in [0.5, 0.6) is 0 Å². The highest BCUT2D eigenvalue weighted by Gasteiger charge is 2.33. The molecule has 1 aliphatic rings. The third-order valence-electron chi connectivity index (χ3n) is 4.28. The molecule has 3 rings (SSSR count). The number of carbonyl (C=O) groups is 1. The second-order valence-electron chi connectivity index (χ2n) is 6.69. The lowest BCUT2D eigenvalue weighted by molar-refractivity contribution is -0.0440. The fourth-order valence-electron chi connectivity index (χ4n) is 3.08. The van der Waals surface area contributed by atoms with Gasteiger partial charge in [0.25, 0.3) is 5.91 Å². The lowest BCUT2D eigenvalue weighted by Crippen LogP contribution is -2.48. The average Bonchev–Trinajstić information content (AvgIpc) is 2.61. The van der Waals surface area contributed by atoms with Gasteiger partial charge in [-0.2, -0.15) is 4.31 Å². The van der Waals surface area contributed by atoms with E-state index < -0.39 is 15.9 Å². The van der Waals surface area contributed by atoms with Gasteiger partial charge in [0, 0.05) is 28.8 Å². The average molecular weight is 488 g/mol. The second-order valence-corrected chi connectivity index (χ2v) is 9.92. The van der Waals surface area contributed by atoms with E-state index in [2.05, 4.69) is 21.2 Å². The summed E-state index contributed by atoms with van der Waals surface area (Å²) in [6, 6.07) is 11.4. The third-order valence-corrected chi connectivity index (χ3v) is 7.09. The lowest BCUT2D eigenvalue weighted by atomic mass is 10.2. The normalized spacial score (nSPS) is 20.7. The molecule has 2 aromatic carbocycles. The van der Waals surface area contributed by atoms with Gasteiger partial charge in [0.05, 0.1) is 17.2 Å². The van der Waals surface area contributed by atoms with Gasteiger partial charge in [-0.15, -0.1) is 0 Å². The van der Waals surface area contributed by atoms with E-state index in [0.717, 1.165) is 4.47 Å². The van der Waals surface area contributed by atoms with Crippen LogP contribution in [0.25, 0.3) is 0 Å². The molecule has 28 heavy (non-hydrogen) atoms. The monoisotopic (exact) mass is 486 g/mol. The van der Waals surface area contributed by atoms with Gasteiger partial charge in [0.15, 0.2) is 0 Å². The molecule has 2 aromatic rings. The zero-order valence-electron chi connectivity index (χ0n) is 15.4. The van der Waals surface area contributed by atoms with Crippen LogP contribution < -0.4 is 5.32 Å². The Bertz CT molecular complexity index is 989. The number of ether oxygens (including phenoxy) is 1. The van der Waals surface area contributed by atoms with E-state index in [4.69, 9.17) is 16.3 Å². The van der Waals surface area contributed by atoms with E-state index in [-0.39, 0.29) is 40.8 Å². The maximum absolute atomic E-state index is 13.1. The van der Waals surface area contributed by atoms with Gasteiger partial charge in [-0.25, -0.2) is 8.42 Å². The number of anilines is 1. The zero-order chi connectivity index (χ0) is 20.5. The number of hydrogen-bond acceptors (Lipinski definition) is 4. The molecule has 0 spiro atoms. The van der Waals surface area contributed by atoms with E-state index in [1.807, 2.05) is 19.9 Å². The van der Waals surface area contributed by atoms with Crippen LogP contribution in [0.1, 0.15) is 24.2 Å². The van der Waals surface area contributed by atoms with E-state index in [9.17, 15) is 13.2 Å². The largest absolute Gasteiger partial charge is 0.373 e. The molecule has 150 valence electrons. The van der Waals surface area contributed by atoms with Gasteiger partial charge in [0.2, 0.25) is 10.0 Å². The molecule has 0 bridgehead atoms. The van der Waals surface area contributed by atoms with Crippen molar-refractivity contribution in [1.82, 2.24) is 4.31 Å². The summed E-state index contributed by atoms with van der Waals surface area (Å²) < 4.78 is 34.0. The number of morpholine rings is 1. The van der Waals surface area contributed by atoms with Gasteiger partial charge in [-0.3, -0.25) is 4.79 Å². The van der Waals surface area contributed by atoms with Crippen molar-refractivity contribution in [1.29, 1.82) is 0 Å². The molecule has 1 amide bonds. The smallest absolute Gasteiger partial charge is 0.255 e. The van der Waals surface area contributed by atoms with Crippen molar-refractivity contribution < 1.29 is 17.9 Å². The Labute approximate surface area is 178 Å². The molecule has 1 heterocycles. The second kappa shape index (κ2) is 8.51. The quantitative estimate of drug-likeness (QED) is 0.703. The molecule has 1 fully saturated rings. The van der Waals surface area contributed by atoms with Crippen molar-refractivity contribution in [2.45, 2.75) is 31.0 Å². The highest BCUT2D eigenvalue weighted by molar-refractivity contribution is 9.10. The maximum Gasteiger partial charge on any atom is 0.255 e. The number of halogens is 2.